The van der Waals surface area contributed by atoms with Gasteiger partial charge in [0.2, 0.25) is 0 Å². The molecule has 0 aromatic rings. The average molecular weight is 325 g/mol. The zero-order valence-electron chi connectivity index (χ0n) is 4.70. The van der Waals surface area contributed by atoms with Gasteiger partial charge in [0.25, 0.3) is 0 Å². The number of alkyl halides is 2. The van der Waals surface area contributed by atoms with Gasteiger partial charge in [-0.05, 0) is 66.2 Å². The molecule has 0 atom stereocenters. The third kappa shape index (κ3) is 3.96. The normalized spacial score (nSPS) is 12.9. The minimum atomic E-state index is 0.273. The van der Waals surface area contributed by atoms with Crippen molar-refractivity contribution in [2.24, 2.45) is 0 Å². The smallest absolute Gasteiger partial charge is 0.121 e. The number of hydrogen-bond acceptors (Lipinski definition) is 1. The Hall–Kier alpha value is 1.42. The molecule has 1 nitrogen and oxygen atoms in total. The van der Waals surface area contributed by atoms with Crippen LogP contribution in [0, 0.1) is 0 Å². The van der Waals surface area contributed by atoms with Crippen LogP contribution in [-0.2, 0) is 0 Å². The van der Waals surface area contributed by atoms with Gasteiger partial charge in [-0.2, -0.15) is 0 Å². The first-order valence-corrected chi connectivity index (χ1v) is 4.15. The summed E-state index contributed by atoms with van der Waals surface area (Å²) in [6, 6.07) is 0. The van der Waals surface area contributed by atoms with E-state index in [9.17, 15) is 0 Å². The van der Waals surface area contributed by atoms with Crippen LogP contribution in [-0.4, -0.2) is 20.5 Å². The molecule has 0 fully saturated rings. The van der Waals surface area contributed by atoms with E-state index < -0.39 is 0 Å². The predicted octanol–water partition coefficient (Wildman–Crippen LogP) is 2.09. The molecule has 0 N–H and O–H groups in total. The van der Waals surface area contributed by atoms with Gasteiger partial charge in [0.05, 0.1) is 0 Å². The summed E-state index contributed by atoms with van der Waals surface area (Å²) in [6.07, 6.45) is 0. The molecule has 3 heteroatoms. The van der Waals surface area contributed by atoms with Crippen molar-refractivity contribution in [3.63, 3.8) is 0 Å². The summed E-state index contributed by atoms with van der Waals surface area (Å²) in [7, 11) is 4.14. The molecule has 0 aliphatic rings. The number of halogens is 2. The molecule has 0 spiro atoms. The van der Waals surface area contributed by atoms with Crippen molar-refractivity contribution in [3.05, 3.63) is 0 Å². The maximum atomic E-state index is 2.38. The van der Waals surface area contributed by atoms with E-state index in [0.717, 1.165) is 0 Å². The Kier molecular flexibility index (Phi) is 3.39. The highest BCUT2D eigenvalue weighted by Crippen LogP contribution is 2.27. The standard InChI is InChI=1S/C4H9I2N/c1-4(5,6)7(2)3/h1-3H3. The number of hydrogen-bond donors (Lipinski definition) is 0. The summed E-state index contributed by atoms with van der Waals surface area (Å²) in [5.41, 5.74) is 0. The van der Waals surface area contributed by atoms with Gasteiger partial charge in [-0.15, -0.1) is 0 Å². The first-order valence-electron chi connectivity index (χ1n) is 2.00. The zero-order chi connectivity index (χ0) is 6.08. The molecule has 0 saturated heterocycles. The Bertz CT molecular complexity index is 55.2. The Morgan fingerprint density at radius 2 is 1.43 bits per heavy atom. The largest absolute Gasteiger partial charge is 0.287 e. The van der Waals surface area contributed by atoms with E-state index in [1.807, 2.05) is 0 Å². The van der Waals surface area contributed by atoms with E-state index in [4.69, 9.17) is 0 Å². The van der Waals surface area contributed by atoms with Crippen LogP contribution in [0.2, 0.25) is 0 Å². The van der Waals surface area contributed by atoms with E-state index in [1.54, 1.807) is 0 Å². The molecule has 0 aromatic carbocycles. The molecule has 0 rings (SSSR count). The lowest BCUT2D eigenvalue weighted by Crippen LogP contribution is -2.27. The lowest BCUT2D eigenvalue weighted by Gasteiger charge is -2.22. The van der Waals surface area contributed by atoms with Crippen LogP contribution in [0.3, 0.4) is 0 Å². The molecule has 0 amide bonds. The molecule has 0 radical (unpaired) electrons. The minimum Gasteiger partial charge on any atom is -0.287 e. The molecule has 44 valence electrons. The summed E-state index contributed by atoms with van der Waals surface area (Å²) in [4.78, 5) is 2.16. The Morgan fingerprint density at radius 1 is 1.29 bits per heavy atom. The van der Waals surface area contributed by atoms with Crippen LogP contribution >= 0.6 is 45.2 Å². The molecule has 0 aromatic heterocycles. The summed E-state index contributed by atoms with van der Waals surface area (Å²) < 4.78 is 0.273. The second-order valence-corrected chi connectivity index (χ2v) is 8.00. The fourth-order valence-electron chi connectivity index (χ4n) is 0. The Labute approximate surface area is 72.1 Å². The van der Waals surface area contributed by atoms with E-state index in [2.05, 4.69) is 71.1 Å². The zero-order valence-corrected chi connectivity index (χ0v) is 9.02. The van der Waals surface area contributed by atoms with Crippen LogP contribution in [0.5, 0.6) is 0 Å². The van der Waals surface area contributed by atoms with Crippen LogP contribution < -0.4 is 0 Å². The molecule has 0 saturated carbocycles. The van der Waals surface area contributed by atoms with E-state index in [-0.39, 0.29) is 1.55 Å². The summed E-state index contributed by atoms with van der Waals surface area (Å²) in [5.74, 6) is 0. The van der Waals surface area contributed by atoms with Gasteiger partial charge in [0.15, 0.2) is 0 Å². The lowest BCUT2D eigenvalue weighted by molar-refractivity contribution is 0.403. The highest BCUT2D eigenvalue weighted by molar-refractivity contribution is 14.2. The van der Waals surface area contributed by atoms with Gasteiger partial charge in [-0.1, -0.05) is 0 Å². The molecule has 7 heavy (non-hydrogen) atoms. The maximum absolute atomic E-state index is 2.38. The van der Waals surface area contributed by atoms with Gasteiger partial charge in [0.1, 0.15) is 1.55 Å². The van der Waals surface area contributed by atoms with Crippen molar-refractivity contribution >= 4 is 45.2 Å². The van der Waals surface area contributed by atoms with Gasteiger partial charge in [-0.3, -0.25) is 4.90 Å². The SMILES string of the molecule is CN(C)C(C)(I)I. The molecular formula is C4H9I2N. The van der Waals surface area contributed by atoms with Crippen LogP contribution in [0.25, 0.3) is 0 Å². The van der Waals surface area contributed by atoms with Gasteiger partial charge in [-0.25, -0.2) is 0 Å². The number of nitrogens with zero attached hydrogens (tertiary/aromatic N) is 1. The van der Waals surface area contributed by atoms with Crippen LogP contribution in [0.15, 0.2) is 0 Å². The van der Waals surface area contributed by atoms with Gasteiger partial charge >= 0.3 is 0 Å². The topological polar surface area (TPSA) is 3.24 Å². The third-order valence-electron chi connectivity index (χ3n) is 0.785. The summed E-state index contributed by atoms with van der Waals surface area (Å²) in [6.45, 7) is 2.16. The Morgan fingerprint density at radius 3 is 1.43 bits per heavy atom. The second-order valence-electron chi connectivity index (χ2n) is 1.74. The maximum Gasteiger partial charge on any atom is 0.121 e. The molecule has 0 aliphatic carbocycles. The van der Waals surface area contributed by atoms with Crippen molar-refractivity contribution in [1.29, 1.82) is 0 Å². The monoisotopic (exact) mass is 325 g/mol. The van der Waals surface area contributed by atoms with Crippen LogP contribution in [0.4, 0.5) is 0 Å². The summed E-state index contributed by atoms with van der Waals surface area (Å²) >= 11 is 4.76. The fourth-order valence-corrected chi connectivity index (χ4v) is 0. The van der Waals surface area contributed by atoms with E-state index in [0.29, 0.717) is 0 Å². The average Bonchev–Trinajstić information content (AvgIpc) is 1.31. The van der Waals surface area contributed by atoms with Gasteiger partial charge < -0.3 is 0 Å². The van der Waals surface area contributed by atoms with E-state index >= 15 is 0 Å². The van der Waals surface area contributed by atoms with Crippen molar-refractivity contribution in [2.75, 3.05) is 14.1 Å². The third-order valence-corrected chi connectivity index (χ3v) is 2.72. The molecule has 0 heterocycles. The van der Waals surface area contributed by atoms with E-state index in [1.165, 1.54) is 0 Å². The van der Waals surface area contributed by atoms with Gasteiger partial charge in [0, 0.05) is 0 Å². The van der Waals surface area contributed by atoms with Crippen LogP contribution in [0.1, 0.15) is 6.92 Å². The molecule has 0 bridgehead atoms. The van der Waals surface area contributed by atoms with Crippen molar-refractivity contribution in [3.8, 4) is 0 Å². The van der Waals surface area contributed by atoms with Crippen molar-refractivity contribution in [1.82, 2.24) is 4.90 Å². The first-order chi connectivity index (χ1) is 2.94. The molecule has 0 aliphatic heterocycles. The lowest BCUT2D eigenvalue weighted by atomic mass is 10.7. The Balaban J connectivity index is 3.54. The predicted molar refractivity (Wildman–Crippen MR) is 50.1 cm³/mol. The highest BCUT2D eigenvalue weighted by Gasteiger charge is 2.15. The highest BCUT2D eigenvalue weighted by atomic mass is 127. The molecule has 0 unspecified atom stereocenters. The fraction of sp³-hybridized carbons (Fsp3) is 1.00. The molecular weight excluding hydrogens is 316 g/mol. The minimum absolute atomic E-state index is 0.273. The van der Waals surface area contributed by atoms with Crippen molar-refractivity contribution < 1.29 is 0 Å². The number of rotatable bonds is 1. The van der Waals surface area contributed by atoms with Crippen molar-refractivity contribution in [2.45, 2.75) is 8.48 Å². The summed E-state index contributed by atoms with van der Waals surface area (Å²) in [5, 5.41) is 0. The second kappa shape index (κ2) is 2.82. The quantitative estimate of drug-likeness (QED) is 0.405. The first kappa shape index (κ1) is 8.42.